The van der Waals surface area contributed by atoms with Gasteiger partial charge in [0.05, 0.1) is 6.10 Å². The number of Topliss-reactive ketones (excluding diaryl/α,β-unsaturated/α-hetero) is 1. The molecule has 0 saturated heterocycles. The monoisotopic (exact) mass is 206 g/mol. The van der Waals surface area contributed by atoms with Crippen molar-refractivity contribution in [1.29, 1.82) is 0 Å². The predicted molar refractivity (Wildman–Crippen MR) is 60.9 cm³/mol. The van der Waals surface area contributed by atoms with Crippen molar-refractivity contribution < 1.29 is 9.90 Å². The van der Waals surface area contributed by atoms with Crippen molar-refractivity contribution in [2.75, 3.05) is 0 Å². The van der Waals surface area contributed by atoms with Crippen LogP contribution in [0, 0.1) is 0 Å². The summed E-state index contributed by atoms with van der Waals surface area (Å²) in [5, 5.41) is 9.49. The molecule has 0 aliphatic rings. The Balaban J connectivity index is 2.37. The Morgan fingerprint density at radius 3 is 2.53 bits per heavy atom. The lowest BCUT2D eigenvalue weighted by molar-refractivity contribution is 0.0933. The van der Waals surface area contributed by atoms with Crippen LogP contribution >= 0.6 is 0 Å². The molecule has 1 aromatic carbocycles. The smallest absolute Gasteiger partial charge is 0.162 e. The minimum Gasteiger partial charge on any atom is -0.393 e. The van der Waals surface area contributed by atoms with Crippen molar-refractivity contribution in [2.45, 2.75) is 38.7 Å². The van der Waals surface area contributed by atoms with Gasteiger partial charge >= 0.3 is 0 Å². The third-order valence-corrected chi connectivity index (χ3v) is 2.42. The molecule has 0 amide bonds. The first-order valence-corrected chi connectivity index (χ1v) is 5.50. The molecule has 1 N–H and O–H groups in total. The fourth-order valence-corrected chi connectivity index (χ4v) is 1.54. The Hall–Kier alpha value is -1.15. The van der Waals surface area contributed by atoms with Gasteiger partial charge in [0.15, 0.2) is 5.78 Å². The summed E-state index contributed by atoms with van der Waals surface area (Å²) in [6.07, 6.45) is 2.41. The van der Waals surface area contributed by atoms with Crippen LogP contribution in [0.25, 0.3) is 0 Å². The molecule has 1 atom stereocenters. The summed E-state index contributed by atoms with van der Waals surface area (Å²) in [6.45, 7) is 2.03. The predicted octanol–water partition coefficient (Wildman–Crippen LogP) is 2.81. The number of hydrogen-bond donors (Lipinski definition) is 1. The Labute approximate surface area is 90.9 Å². The van der Waals surface area contributed by atoms with E-state index in [4.69, 9.17) is 0 Å². The van der Waals surface area contributed by atoms with Crippen molar-refractivity contribution in [3.63, 3.8) is 0 Å². The normalized spacial score (nSPS) is 12.4. The van der Waals surface area contributed by atoms with E-state index in [1.807, 2.05) is 37.3 Å². The van der Waals surface area contributed by atoms with Gasteiger partial charge in [-0.15, -0.1) is 0 Å². The molecule has 0 aliphatic carbocycles. The van der Waals surface area contributed by atoms with Crippen LogP contribution in [0.5, 0.6) is 0 Å². The fourth-order valence-electron chi connectivity index (χ4n) is 1.54. The molecule has 0 bridgehead atoms. The van der Waals surface area contributed by atoms with Gasteiger partial charge in [0.2, 0.25) is 0 Å². The molecule has 82 valence electrons. The largest absolute Gasteiger partial charge is 0.393 e. The molecule has 0 aliphatic heterocycles. The van der Waals surface area contributed by atoms with Crippen LogP contribution in [-0.2, 0) is 0 Å². The molecule has 0 radical (unpaired) electrons. The Morgan fingerprint density at radius 2 is 1.93 bits per heavy atom. The zero-order valence-corrected chi connectivity index (χ0v) is 9.15. The molecular formula is C13H18O2. The minimum atomic E-state index is -0.331. The van der Waals surface area contributed by atoms with Crippen molar-refractivity contribution >= 4 is 5.78 Å². The Morgan fingerprint density at radius 1 is 1.27 bits per heavy atom. The van der Waals surface area contributed by atoms with Crippen molar-refractivity contribution in [3.8, 4) is 0 Å². The van der Waals surface area contributed by atoms with Crippen molar-refractivity contribution in [3.05, 3.63) is 35.9 Å². The molecule has 0 spiro atoms. The van der Waals surface area contributed by atoms with E-state index in [-0.39, 0.29) is 11.9 Å². The molecule has 0 unspecified atom stereocenters. The molecule has 0 heterocycles. The van der Waals surface area contributed by atoms with Crippen LogP contribution in [0.2, 0.25) is 0 Å². The van der Waals surface area contributed by atoms with Gasteiger partial charge in [-0.25, -0.2) is 0 Å². The Bertz CT molecular complexity index is 293. The maximum absolute atomic E-state index is 11.6. The van der Waals surface area contributed by atoms with Gasteiger partial charge in [-0.1, -0.05) is 43.7 Å². The van der Waals surface area contributed by atoms with E-state index in [2.05, 4.69) is 0 Å². The molecule has 2 heteroatoms. The van der Waals surface area contributed by atoms with Gasteiger partial charge in [0.1, 0.15) is 0 Å². The van der Waals surface area contributed by atoms with Crippen LogP contribution < -0.4 is 0 Å². The van der Waals surface area contributed by atoms with E-state index in [1.54, 1.807) is 0 Å². The van der Waals surface area contributed by atoms with E-state index in [9.17, 15) is 9.90 Å². The number of rotatable bonds is 6. The SMILES string of the molecule is CCC[C@H](O)CCC(=O)c1ccccc1. The molecule has 2 nitrogen and oxygen atoms in total. The standard InChI is InChI=1S/C13H18O2/c1-2-6-12(14)9-10-13(15)11-7-4-3-5-8-11/h3-5,7-8,12,14H,2,6,9-10H2,1H3/t12-/m0/s1. The van der Waals surface area contributed by atoms with E-state index >= 15 is 0 Å². The van der Waals surface area contributed by atoms with E-state index in [0.29, 0.717) is 12.8 Å². The lowest BCUT2D eigenvalue weighted by Crippen LogP contribution is -2.09. The highest BCUT2D eigenvalue weighted by Gasteiger charge is 2.08. The topological polar surface area (TPSA) is 37.3 Å². The third kappa shape index (κ3) is 4.26. The van der Waals surface area contributed by atoms with Gasteiger partial charge in [-0.2, -0.15) is 0 Å². The fraction of sp³-hybridized carbons (Fsp3) is 0.462. The van der Waals surface area contributed by atoms with Crippen LogP contribution in [-0.4, -0.2) is 17.0 Å². The Kier molecular flexibility index (Phi) is 5.05. The minimum absolute atomic E-state index is 0.116. The maximum atomic E-state index is 11.6. The average Bonchev–Trinajstić information content (AvgIpc) is 2.27. The van der Waals surface area contributed by atoms with Gasteiger partial charge in [0, 0.05) is 12.0 Å². The van der Waals surface area contributed by atoms with Crippen LogP contribution in [0.15, 0.2) is 30.3 Å². The molecular weight excluding hydrogens is 188 g/mol. The van der Waals surface area contributed by atoms with Gasteiger partial charge < -0.3 is 5.11 Å². The number of carbonyl (C=O) groups is 1. The van der Waals surface area contributed by atoms with Crippen molar-refractivity contribution in [1.82, 2.24) is 0 Å². The van der Waals surface area contributed by atoms with Crippen LogP contribution in [0.3, 0.4) is 0 Å². The first kappa shape index (κ1) is 11.9. The summed E-state index contributed by atoms with van der Waals surface area (Å²) in [4.78, 5) is 11.6. The van der Waals surface area contributed by atoms with E-state index < -0.39 is 0 Å². The summed E-state index contributed by atoms with van der Waals surface area (Å²) in [6, 6.07) is 9.23. The highest BCUT2D eigenvalue weighted by Crippen LogP contribution is 2.09. The van der Waals surface area contributed by atoms with Crippen LogP contribution in [0.1, 0.15) is 43.0 Å². The van der Waals surface area contributed by atoms with E-state index in [0.717, 1.165) is 18.4 Å². The highest BCUT2D eigenvalue weighted by atomic mass is 16.3. The third-order valence-electron chi connectivity index (χ3n) is 2.42. The maximum Gasteiger partial charge on any atom is 0.162 e. The molecule has 15 heavy (non-hydrogen) atoms. The lowest BCUT2D eigenvalue weighted by atomic mass is 10.0. The number of aliphatic hydroxyl groups excluding tert-OH is 1. The van der Waals surface area contributed by atoms with Crippen LogP contribution in [0.4, 0.5) is 0 Å². The average molecular weight is 206 g/mol. The number of hydrogen-bond acceptors (Lipinski definition) is 2. The number of benzene rings is 1. The molecule has 1 aromatic rings. The molecule has 0 aromatic heterocycles. The summed E-state index contributed by atoms with van der Waals surface area (Å²) >= 11 is 0. The molecule has 1 rings (SSSR count). The summed E-state index contributed by atoms with van der Waals surface area (Å²) in [7, 11) is 0. The number of aliphatic hydroxyl groups is 1. The first-order valence-electron chi connectivity index (χ1n) is 5.50. The van der Waals surface area contributed by atoms with Gasteiger partial charge in [-0.3, -0.25) is 4.79 Å². The highest BCUT2D eigenvalue weighted by molar-refractivity contribution is 5.95. The van der Waals surface area contributed by atoms with Gasteiger partial charge in [0.25, 0.3) is 0 Å². The van der Waals surface area contributed by atoms with E-state index in [1.165, 1.54) is 0 Å². The molecule has 0 saturated carbocycles. The molecule has 0 fully saturated rings. The number of carbonyl (C=O) groups excluding carboxylic acids is 1. The summed E-state index contributed by atoms with van der Waals surface area (Å²) in [5.41, 5.74) is 0.737. The first-order chi connectivity index (χ1) is 7.24. The van der Waals surface area contributed by atoms with Crippen molar-refractivity contribution in [2.24, 2.45) is 0 Å². The second-order valence-corrected chi connectivity index (χ2v) is 3.77. The summed E-state index contributed by atoms with van der Waals surface area (Å²) in [5.74, 6) is 0.116. The zero-order chi connectivity index (χ0) is 11.1. The second kappa shape index (κ2) is 6.36. The summed E-state index contributed by atoms with van der Waals surface area (Å²) < 4.78 is 0. The second-order valence-electron chi connectivity index (χ2n) is 3.77. The zero-order valence-electron chi connectivity index (χ0n) is 9.15. The van der Waals surface area contributed by atoms with Gasteiger partial charge in [-0.05, 0) is 12.8 Å². The lowest BCUT2D eigenvalue weighted by Gasteiger charge is -2.07. The quantitative estimate of drug-likeness (QED) is 0.727. The number of ketones is 1.